The first kappa shape index (κ1) is 19.9. The average molecular weight is 360 g/mol. The van der Waals surface area contributed by atoms with Crippen LogP contribution in [0.3, 0.4) is 0 Å². The van der Waals surface area contributed by atoms with Crippen molar-refractivity contribution in [2.24, 2.45) is 0 Å². The van der Waals surface area contributed by atoms with Crippen LogP contribution in [-0.2, 0) is 9.59 Å². The fraction of sp³-hybridized carbons (Fsp3) is 0.526. The Morgan fingerprint density at radius 1 is 0.923 bits per heavy atom. The van der Waals surface area contributed by atoms with E-state index >= 15 is 0 Å². The number of nitrogens with one attached hydrogen (secondary N) is 3. The predicted molar refractivity (Wildman–Crippen MR) is 102 cm³/mol. The fourth-order valence-corrected chi connectivity index (χ4v) is 3.10. The van der Waals surface area contributed by atoms with Gasteiger partial charge in [0.1, 0.15) is 0 Å². The van der Waals surface area contributed by atoms with Crippen LogP contribution in [-0.4, -0.2) is 48.8 Å². The van der Waals surface area contributed by atoms with Gasteiger partial charge >= 0.3 is 0 Å². The van der Waals surface area contributed by atoms with Crippen molar-refractivity contribution in [3.8, 4) is 0 Å². The van der Waals surface area contributed by atoms with Gasteiger partial charge in [0, 0.05) is 37.3 Å². The SMILES string of the molecule is CC(=O)Nc1cc(NC(C)=O)cc(C(=O)NCCCN2CCCCC2)c1. The highest BCUT2D eigenvalue weighted by atomic mass is 16.2. The van der Waals surface area contributed by atoms with Gasteiger partial charge in [0.15, 0.2) is 0 Å². The minimum Gasteiger partial charge on any atom is -0.352 e. The number of hydrogen-bond acceptors (Lipinski definition) is 4. The van der Waals surface area contributed by atoms with Crippen molar-refractivity contribution in [2.45, 2.75) is 39.5 Å². The molecule has 2 rings (SSSR count). The molecule has 3 N–H and O–H groups in total. The van der Waals surface area contributed by atoms with Gasteiger partial charge in [0.2, 0.25) is 11.8 Å². The minimum absolute atomic E-state index is 0.220. The van der Waals surface area contributed by atoms with E-state index in [1.165, 1.54) is 33.1 Å². The maximum atomic E-state index is 12.4. The summed E-state index contributed by atoms with van der Waals surface area (Å²) >= 11 is 0. The molecule has 0 bridgehead atoms. The number of amides is 3. The molecule has 26 heavy (non-hydrogen) atoms. The van der Waals surface area contributed by atoms with Gasteiger partial charge in [-0.15, -0.1) is 0 Å². The molecule has 1 aromatic carbocycles. The van der Waals surface area contributed by atoms with Crippen molar-refractivity contribution in [3.05, 3.63) is 23.8 Å². The van der Waals surface area contributed by atoms with Gasteiger partial charge < -0.3 is 20.9 Å². The summed E-state index contributed by atoms with van der Waals surface area (Å²) in [4.78, 5) is 37.4. The number of piperidine rings is 1. The fourth-order valence-electron chi connectivity index (χ4n) is 3.10. The van der Waals surface area contributed by atoms with Gasteiger partial charge in [-0.2, -0.15) is 0 Å². The molecule has 0 spiro atoms. The van der Waals surface area contributed by atoms with E-state index in [0.29, 0.717) is 23.5 Å². The van der Waals surface area contributed by atoms with Crippen LogP contribution < -0.4 is 16.0 Å². The Hall–Kier alpha value is -2.41. The quantitative estimate of drug-likeness (QED) is 0.650. The van der Waals surface area contributed by atoms with Crippen LogP contribution in [0, 0.1) is 0 Å². The third-order valence-corrected chi connectivity index (χ3v) is 4.22. The van der Waals surface area contributed by atoms with Crippen LogP contribution in [0.25, 0.3) is 0 Å². The smallest absolute Gasteiger partial charge is 0.251 e. The highest BCUT2D eigenvalue weighted by molar-refractivity contribution is 5.99. The van der Waals surface area contributed by atoms with E-state index < -0.39 is 0 Å². The number of carbonyl (C=O) groups excluding carboxylic acids is 3. The minimum atomic E-state index is -0.238. The van der Waals surface area contributed by atoms with Crippen molar-refractivity contribution in [3.63, 3.8) is 0 Å². The molecule has 1 heterocycles. The molecule has 1 aliphatic heterocycles. The Morgan fingerprint density at radius 2 is 1.50 bits per heavy atom. The highest BCUT2D eigenvalue weighted by Gasteiger charge is 2.12. The molecule has 0 aromatic heterocycles. The first-order chi connectivity index (χ1) is 12.4. The summed E-state index contributed by atoms with van der Waals surface area (Å²) in [5.41, 5.74) is 1.35. The van der Waals surface area contributed by atoms with Gasteiger partial charge in [-0.3, -0.25) is 14.4 Å². The molecule has 0 atom stereocenters. The summed E-state index contributed by atoms with van der Waals surface area (Å²) in [7, 11) is 0. The van der Waals surface area contributed by atoms with E-state index in [1.807, 2.05) is 0 Å². The summed E-state index contributed by atoms with van der Waals surface area (Å²) < 4.78 is 0. The molecular formula is C19H28N4O3. The van der Waals surface area contributed by atoms with Crippen LogP contribution in [0.15, 0.2) is 18.2 Å². The van der Waals surface area contributed by atoms with Gasteiger partial charge in [0.25, 0.3) is 5.91 Å². The van der Waals surface area contributed by atoms with Crippen molar-refractivity contribution in [1.82, 2.24) is 10.2 Å². The zero-order valence-corrected chi connectivity index (χ0v) is 15.6. The Balaban J connectivity index is 1.92. The highest BCUT2D eigenvalue weighted by Crippen LogP contribution is 2.19. The maximum Gasteiger partial charge on any atom is 0.251 e. The van der Waals surface area contributed by atoms with E-state index in [-0.39, 0.29) is 17.7 Å². The summed E-state index contributed by atoms with van der Waals surface area (Å²) in [6, 6.07) is 4.83. The van der Waals surface area contributed by atoms with Gasteiger partial charge in [-0.1, -0.05) is 6.42 Å². The lowest BCUT2D eigenvalue weighted by molar-refractivity contribution is -0.115. The topological polar surface area (TPSA) is 90.5 Å². The number of anilines is 2. The molecule has 142 valence electrons. The molecule has 3 amide bonds. The maximum absolute atomic E-state index is 12.4. The lowest BCUT2D eigenvalue weighted by Crippen LogP contribution is -2.33. The second kappa shape index (κ2) is 9.91. The zero-order chi connectivity index (χ0) is 18.9. The summed E-state index contributed by atoms with van der Waals surface area (Å²) in [5.74, 6) is -0.696. The standard InChI is InChI=1S/C19H28N4O3/c1-14(24)21-17-11-16(12-18(13-17)22-15(2)25)19(26)20-7-6-10-23-8-4-3-5-9-23/h11-13H,3-10H2,1-2H3,(H,20,26)(H,21,24)(H,22,25). The monoisotopic (exact) mass is 360 g/mol. The third kappa shape index (κ3) is 6.84. The van der Waals surface area contributed by atoms with Crippen LogP contribution in [0.2, 0.25) is 0 Å². The van der Waals surface area contributed by atoms with Crippen LogP contribution in [0.5, 0.6) is 0 Å². The van der Waals surface area contributed by atoms with Crippen LogP contribution in [0.4, 0.5) is 11.4 Å². The molecule has 7 heteroatoms. The molecule has 0 aliphatic carbocycles. The van der Waals surface area contributed by atoms with Crippen molar-refractivity contribution in [1.29, 1.82) is 0 Å². The number of rotatable bonds is 7. The summed E-state index contributed by atoms with van der Waals surface area (Å²) in [6.07, 6.45) is 4.73. The number of nitrogens with zero attached hydrogens (tertiary/aromatic N) is 1. The molecule has 1 aliphatic rings. The first-order valence-corrected chi connectivity index (χ1v) is 9.15. The summed E-state index contributed by atoms with van der Waals surface area (Å²) in [6.45, 7) is 6.66. The Labute approximate surface area is 154 Å². The molecule has 0 unspecified atom stereocenters. The number of benzene rings is 1. The van der Waals surface area contributed by atoms with Crippen molar-refractivity contribution in [2.75, 3.05) is 36.8 Å². The zero-order valence-electron chi connectivity index (χ0n) is 15.6. The average Bonchev–Trinajstić information content (AvgIpc) is 2.58. The van der Waals surface area contributed by atoms with E-state index in [9.17, 15) is 14.4 Å². The second-order valence-corrected chi connectivity index (χ2v) is 6.67. The molecule has 1 aromatic rings. The van der Waals surface area contributed by atoms with E-state index in [0.717, 1.165) is 26.1 Å². The first-order valence-electron chi connectivity index (χ1n) is 9.15. The molecular weight excluding hydrogens is 332 g/mol. The van der Waals surface area contributed by atoms with Gasteiger partial charge in [-0.25, -0.2) is 0 Å². The molecule has 7 nitrogen and oxygen atoms in total. The van der Waals surface area contributed by atoms with Crippen LogP contribution >= 0.6 is 0 Å². The normalized spacial score (nSPS) is 14.5. The van der Waals surface area contributed by atoms with E-state index in [1.54, 1.807) is 18.2 Å². The molecule has 1 fully saturated rings. The second-order valence-electron chi connectivity index (χ2n) is 6.67. The lowest BCUT2D eigenvalue weighted by Gasteiger charge is -2.26. The van der Waals surface area contributed by atoms with E-state index in [2.05, 4.69) is 20.9 Å². The van der Waals surface area contributed by atoms with Crippen molar-refractivity contribution >= 4 is 29.1 Å². The van der Waals surface area contributed by atoms with Crippen LogP contribution in [0.1, 0.15) is 49.9 Å². The largest absolute Gasteiger partial charge is 0.352 e. The molecule has 0 radical (unpaired) electrons. The van der Waals surface area contributed by atoms with Gasteiger partial charge in [-0.05, 0) is 57.1 Å². The summed E-state index contributed by atoms with van der Waals surface area (Å²) in [5, 5.41) is 8.20. The Morgan fingerprint density at radius 3 is 2.04 bits per heavy atom. The molecule has 0 saturated carbocycles. The lowest BCUT2D eigenvalue weighted by atomic mass is 10.1. The van der Waals surface area contributed by atoms with E-state index in [4.69, 9.17) is 0 Å². The van der Waals surface area contributed by atoms with Crippen molar-refractivity contribution < 1.29 is 14.4 Å². The number of likely N-dealkylation sites (tertiary alicyclic amines) is 1. The Bertz CT molecular complexity index is 620. The Kier molecular flexibility index (Phi) is 7.59. The number of hydrogen-bond donors (Lipinski definition) is 3. The van der Waals surface area contributed by atoms with Gasteiger partial charge in [0.05, 0.1) is 0 Å². The third-order valence-electron chi connectivity index (χ3n) is 4.22. The molecule has 1 saturated heterocycles. The number of carbonyl (C=O) groups is 3. The predicted octanol–water partition coefficient (Wildman–Crippen LogP) is 2.21.